The Bertz CT molecular complexity index is 492. The smallest absolute Gasteiger partial charge is 0.173 e. The summed E-state index contributed by atoms with van der Waals surface area (Å²) >= 11 is 3.48. The van der Waals surface area contributed by atoms with Crippen LogP contribution in [0.5, 0.6) is 0 Å². The summed E-state index contributed by atoms with van der Waals surface area (Å²) in [6.45, 7) is 5.13. The molecule has 1 heterocycles. The third-order valence-corrected chi connectivity index (χ3v) is 4.16. The van der Waals surface area contributed by atoms with Gasteiger partial charge < -0.3 is 20.7 Å². The normalized spacial score (nSPS) is 21.7. The summed E-state index contributed by atoms with van der Waals surface area (Å²) in [5.41, 5.74) is 7.56. The second-order valence-corrected chi connectivity index (χ2v) is 5.78. The Labute approximate surface area is 121 Å². The number of halogens is 1. The summed E-state index contributed by atoms with van der Waals surface area (Å²) in [6.07, 6.45) is 0. The largest absolute Gasteiger partial charge is 0.409 e. The van der Waals surface area contributed by atoms with E-state index in [1.165, 1.54) is 0 Å². The van der Waals surface area contributed by atoms with Crippen molar-refractivity contribution in [1.29, 1.82) is 0 Å². The molecule has 5 nitrogen and oxygen atoms in total. The highest BCUT2D eigenvalue weighted by Crippen LogP contribution is 2.30. The molecule has 2 rings (SSSR count). The van der Waals surface area contributed by atoms with Gasteiger partial charge in [0.25, 0.3) is 0 Å². The fraction of sp³-hybridized carbons (Fsp3) is 0.462. The van der Waals surface area contributed by atoms with Crippen LogP contribution in [0.25, 0.3) is 0 Å². The average molecular weight is 327 g/mol. The van der Waals surface area contributed by atoms with Crippen molar-refractivity contribution < 1.29 is 5.21 Å². The lowest BCUT2D eigenvalue weighted by Gasteiger charge is -2.40. The zero-order chi connectivity index (χ0) is 14.0. The number of amidine groups is 1. The molecule has 1 unspecified atom stereocenters. The first kappa shape index (κ1) is 14.1. The molecule has 1 saturated heterocycles. The van der Waals surface area contributed by atoms with E-state index in [0.717, 1.165) is 35.4 Å². The van der Waals surface area contributed by atoms with Crippen LogP contribution in [0.4, 0.5) is 5.69 Å². The van der Waals surface area contributed by atoms with E-state index in [-0.39, 0.29) is 5.84 Å². The summed E-state index contributed by atoms with van der Waals surface area (Å²) in [5.74, 6) is 0.133. The molecule has 1 fully saturated rings. The Morgan fingerprint density at radius 3 is 2.84 bits per heavy atom. The highest BCUT2D eigenvalue weighted by Gasteiger charge is 2.25. The molecule has 0 amide bonds. The lowest BCUT2D eigenvalue weighted by atomic mass is 10.1. The van der Waals surface area contributed by atoms with Crippen LogP contribution in [0.2, 0.25) is 0 Å². The van der Waals surface area contributed by atoms with Gasteiger partial charge >= 0.3 is 0 Å². The summed E-state index contributed by atoms with van der Waals surface area (Å²) in [4.78, 5) is 4.61. The summed E-state index contributed by atoms with van der Waals surface area (Å²) in [5, 5.41) is 12.1. The van der Waals surface area contributed by atoms with Gasteiger partial charge in [-0.25, -0.2) is 0 Å². The Morgan fingerprint density at radius 2 is 2.21 bits per heavy atom. The van der Waals surface area contributed by atoms with E-state index in [1.54, 1.807) is 0 Å². The summed E-state index contributed by atoms with van der Waals surface area (Å²) in [7, 11) is 2.12. The maximum atomic E-state index is 8.96. The lowest BCUT2D eigenvalue weighted by molar-refractivity contribution is 0.275. The number of piperazine rings is 1. The third-order valence-electron chi connectivity index (χ3n) is 3.50. The molecule has 1 aromatic rings. The van der Waals surface area contributed by atoms with E-state index in [2.05, 4.69) is 44.9 Å². The molecular formula is C13H19BrN4O. The van der Waals surface area contributed by atoms with Gasteiger partial charge in [-0.1, -0.05) is 11.2 Å². The number of nitrogens with two attached hydrogens (primary N) is 1. The minimum Gasteiger partial charge on any atom is -0.409 e. The number of nitrogens with zero attached hydrogens (tertiary/aromatic N) is 3. The number of hydrogen-bond donors (Lipinski definition) is 2. The van der Waals surface area contributed by atoms with Gasteiger partial charge in [-0.15, -0.1) is 0 Å². The van der Waals surface area contributed by atoms with Gasteiger partial charge in [0.1, 0.15) is 0 Å². The Morgan fingerprint density at radius 1 is 1.47 bits per heavy atom. The van der Waals surface area contributed by atoms with Crippen LogP contribution in [-0.4, -0.2) is 48.7 Å². The van der Waals surface area contributed by atoms with Gasteiger partial charge in [-0.05, 0) is 42.0 Å². The average Bonchev–Trinajstić information content (AvgIpc) is 2.37. The molecule has 0 saturated carbocycles. The van der Waals surface area contributed by atoms with Crippen LogP contribution in [-0.2, 0) is 0 Å². The molecule has 0 radical (unpaired) electrons. The van der Waals surface area contributed by atoms with Gasteiger partial charge in [0.05, 0.1) is 5.56 Å². The van der Waals surface area contributed by atoms with Gasteiger partial charge in [0.15, 0.2) is 5.84 Å². The summed E-state index contributed by atoms with van der Waals surface area (Å²) < 4.78 is 0.839. The van der Waals surface area contributed by atoms with Crippen LogP contribution >= 0.6 is 15.9 Å². The van der Waals surface area contributed by atoms with Crippen LogP contribution < -0.4 is 10.6 Å². The van der Waals surface area contributed by atoms with Gasteiger partial charge in [0, 0.05) is 35.8 Å². The molecular weight excluding hydrogens is 308 g/mol. The molecule has 1 atom stereocenters. The first-order valence-corrected chi connectivity index (χ1v) is 7.05. The highest BCUT2D eigenvalue weighted by atomic mass is 79.9. The molecule has 1 aliphatic heterocycles. The fourth-order valence-electron chi connectivity index (χ4n) is 2.55. The molecule has 0 aliphatic carbocycles. The van der Waals surface area contributed by atoms with Crippen LogP contribution in [0, 0.1) is 0 Å². The number of anilines is 1. The molecule has 1 aromatic carbocycles. The van der Waals surface area contributed by atoms with Gasteiger partial charge in [-0.3, -0.25) is 0 Å². The zero-order valence-electron chi connectivity index (χ0n) is 11.2. The molecule has 3 N–H and O–H groups in total. The predicted octanol–water partition coefficient (Wildman–Crippen LogP) is 1.68. The monoisotopic (exact) mass is 326 g/mol. The second-order valence-electron chi connectivity index (χ2n) is 4.92. The minimum absolute atomic E-state index is 0.133. The second kappa shape index (κ2) is 5.79. The molecule has 104 valence electrons. The van der Waals surface area contributed by atoms with Crippen molar-refractivity contribution in [2.24, 2.45) is 10.9 Å². The van der Waals surface area contributed by atoms with Crippen molar-refractivity contribution in [3.05, 3.63) is 28.2 Å². The quantitative estimate of drug-likeness (QED) is 0.375. The van der Waals surface area contributed by atoms with E-state index >= 15 is 0 Å². The highest BCUT2D eigenvalue weighted by molar-refractivity contribution is 9.10. The number of benzene rings is 1. The maximum absolute atomic E-state index is 8.96. The van der Waals surface area contributed by atoms with E-state index < -0.39 is 0 Å². The molecule has 0 aromatic heterocycles. The number of oxime groups is 1. The third kappa shape index (κ3) is 2.84. The molecule has 6 heteroatoms. The maximum Gasteiger partial charge on any atom is 0.173 e. The first-order valence-electron chi connectivity index (χ1n) is 6.26. The zero-order valence-corrected chi connectivity index (χ0v) is 12.8. The van der Waals surface area contributed by atoms with Crippen molar-refractivity contribution in [3.8, 4) is 0 Å². The predicted molar refractivity (Wildman–Crippen MR) is 81.0 cm³/mol. The SMILES string of the molecule is CC1CN(C)CCN1c1cccc(Br)c1/C(N)=N/O. The lowest BCUT2D eigenvalue weighted by Crippen LogP contribution is -2.51. The van der Waals surface area contributed by atoms with Crippen molar-refractivity contribution in [2.75, 3.05) is 31.6 Å². The molecule has 19 heavy (non-hydrogen) atoms. The van der Waals surface area contributed by atoms with E-state index in [4.69, 9.17) is 10.9 Å². The Kier molecular flexibility index (Phi) is 4.31. The molecule has 0 bridgehead atoms. The fourth-order valence-corrected chi connectivity index (χ4v) is 3.11. The topological polar surface area (TPSA) is 65.1 Å². The van der Waals surface area contributed by atoms with Gasteiger partial charge in [0.2, 0.25) is 0 Å². The Hall–Kier alpha value is -1.27. The molecule has 1 aliphatic rings. The summed E-state index contributed by atoms with van der Waals surface area (Å²) in [6, 6.07) is 6.27. The van der Waals surface area contributed by atoms with Crippen LogP contribution in [0.15, 0.2) is 27.8 Å². The van der Waals surface area contributed by atoms with Crippen molar-refractivity contribution in [1.82, 2.24) is 4.90 Å². The van der Waals surface area contributed by atoms with E-state index in [0.29, 0.717) is 6.04 Å². The Balaban J connectivity index is 2.42. The van der Waals surface area contributed by atoms with Crippen LogP contribution in [0.1, 0.15) is 12.5 Å². The molecule has 0 spiro atoms. The van der Waals surface area contributed by atoms with Crippen molar-refractivity contribution in [2.45, 2.75) is 13.0 Å². The van der Waals surface area contributed by atoms with E-state index in [9.17, 15) is 0 Å². The number of hydrogen-bond acceptors (Lipinski definition) is 4. The minimum atomic E-state index is 0.133. The van der Waals surface area contributed by atoms with Crippen molar-refractivity contribution >= 4 is 27.5 Å². The van der Waals surface area contributed by atoms with Crippen LogP contribution in [0.3, 0.4) is 0 Å². The van der Waals surface area contributed by atoms with Gasteiger partial charge in [-0.2, -0.15) is 0 Å². The van der Waals surface area contributed by atoms with Crippen molar-refractivity contribution in [3.63, 3.8) is 0 Å². The van der Waals surface area contributed by atoms with E-state index in [1.807, 2.05) is 18.2 Å². The number of likely N-dealkylation sites (N-methyl/N-ethyl adjacent to an activating group) is 1. The first-order chi connectivity index (χ1) is 9.04. The number of rotatable bonds is 2. The standard InChI is InChI=1S/C13H19BrN4O/c1-9-8-17(2)6-7-18(9)11-5-3-4-10(14)12(11)13(15)16-19/h3-5,9,19H,6-8H2,1-2H3,(H2,15,16).